The molecule has 0 unspecified atom stereocenters. The molecule has 0 aliphatic heterocycles. The van der Waals surface area contributed by atoms with Gasteiger partial charge in [-0.05, 0) is 30.7 Å². The Morgan fingerprint density at radius 1 is 1.35 bits per heavy atom. The van der Waals surface area contributed by atoms with Gasteiger partial charge in [0.05, 0.1) is 6.54 Å². The van der Waals surface area contributed by atoms with Gasteiger partial charge in [-0.1, -0.05) is 15.9 Å². The van der Waals surface area contributed by atoms with Crippen LogP contribution in [0.4, 0.5) is 5.69 Å². The van der Waals surface area contributed by atoms with Crippen LogP contribution in [0.25, 0.3) is 0 Å². The van der Waals surface area contributed by atoms with E-state index in [0.717, 1.165) is 16.6 Å². The van der Waals surface area contributed by atoms with E-state index in [1.54, 1.807) is 7.11 Å². The smallest absolute Gasteiger partial charge is 0.239 e. The van der Waals surface area contributed by atoms with Crippen LogP contribution in [0.15, 0.2) is 28.7 Å². The molecule has 5 heteroatoms. The van der Waals surface area contributed by atoms with Crippen molar-refractivity contribution in [2.75, 3.05) is 32.1 Å². The van der Waals surface area contributed by atoms with Gasteiger partial charge in [-0.3, -0.25) is 4.79 Å². The quantitative estimate of drug-likeness (QED) is 0.758. The van der Waals surface area contributed by atoms with Gasteiger partial charge < -0.3 is 15.4 Å². The van der Waals surface area contributed by atoms with Crippen molar-refractivity contribution in [2.45, 2.75) is 6.42 Å². The van der Waals surface area contributed by atoms with E-state index in [4.69, 9.17) is 4.74 Å². The molecule has 1 rings (SSSR count). The lowest BCUT2D eigenvalue weighted by Crippen LogP contribution is -2.31. The molecule has 0 heterocycles. The summed E-state index contributed by atoms with van der Waals surface area (Å²) in [6.07, 6.45) is 0.834. The first-order valence-corrected chi connectivity index (χ1v) is 6.27. The summed E-state index contributed by atoms with van der Waals surface area (Å²) in [7, 11) is 1.65. The zero-order valence-electron chi connectivity index (χ0n) is 9.83. The van der Waals surface area contributed by atoms with Crippen LogP contribution in [-0.4, -0.2) is 32.7 Å². The summed E-state index contributed by atoms with van der Waals surface area (Å²) < 4.78 is 5.91. The maximum absolute atomic E-state index is 11.4. The Kier molecular flexibility index (Phi) is 6.65. The Morgan fingerprint density at radius 2 is 2.06 bits per heavy atom. The van der Waals surface area contributed by atoms with Crippen molar-refractivity contribution >= 4 is 27.5 Å². The van der Waals surface area contributed by atoms with Crippen LogP contribution in [0, 0.1) is 0 Å². The minimum absolute atomic E-state index is 0.0102. The van der Waals surface area contributed by atoms with E-state index in [1.807, 2.05) is 24.3 Å². The van der Waals surface area contributed by atoms with E-state index in [2.05, 4.69) is 26.6 Å². The van der Waals surface area contributed by atoms with Crippen LogP contribution >= 0.6 is 15.9 Å². The number of hydrogen-bond acceptors (Lipinski definition) is 3. The summed E-state index contributed by atoms with van der Waals surface area (Å²) in [4.78, 5) is 11.4. The average molecular weight is 301 g/mol. The lowest BCUT2D eigenvalue weighted by Gasteiger charge is -2.07. The molecule has 17 heavy (non-hydrogen) atoms. The first-order chi connectivity index (χ1) is 8.22. The van der Waals surface area contributed by atoms with Gasteiger partial charge in [0.15, 0.2) is 0 Å². The van der Waals surface area contributed by atoms with Crippen LogP contribution in [0.1, 0.15) is 6.42 Å². The largest absolute Gasteiger partial charge is 0.385 e. The summed E-state index contributed by atoms with van der Waals surface area (Å²) in [5.74, 6) is -0.0102. The monoisotopic (exact) mass is 300 g/mol. The first-order valence-electron chi connectivity index (χ1n) is 5.47. The first kappa shape index (κ1) is 14.0. The molecule has 0 aliphatic carbocycles. The van der Waals surface area contributed by atoms with Crippen LogP contribution in [-0.2, 0) is 9.53 Å². The van der Waals surface area contributed by atoms with Crippen molar-refractivity contribution in [3.8, 4) is 0 Å². The molecular formula is C12H17BrN2O2. The zero-order chi connectivity index (χ0) is 12.5. The Hall–Kier alpha value is -1.07. The Labute approximate surface area is 110 Å². The summed E-state index contributed by atoms with van der Waals surface area (Å²) in [6.45, 7) is 1.60. The second kappa shape index (κ2) is 8.08. The fourth-order valence-electron chi connectivity index (χ4n) is 1.26. The van der Waals surface area contributed by atoms with E-state index in [0.29, 0.717) is 13.2 Å². The van der Waals surface area contributed by atoms with E-state index in [-0.39, 0.29) is 12.5 Å². The second-order valence-corrected chi connectivity index (χ2v) is 4.47. The number of halogens is 1. The van der Waals surface area contributed by atoms with E-state index < -0.39 is 0 Å². The van der Waals surface area contributed by atoms with Crippen molar-refractivity contribution in [2.24, 2.45) is 0 Å². The van der Waals surface area contributed by atoms with E-state index >= 15 is 0 Å². The number of carbonyl (C=O) groups is 1. The molecule has 4 nitrogen and oxygen atoms in total. The van der Waals surface area contributed by atoms with Gasteiger partial charge >= 0.3 is 0 Å². The van der Waals surface area contributed by atoms with Crippen molar-refractivity contribution in [3.63, 3.8) is 0 Å². The van der Waals surface area contributed by atoms with Gasteiger partial charge in [-0.2, -0.15) is 0 Å². The summed E-state index contributed by atoms with van der Waals surface area (Å²) >= 11 is 3.36. The molecule has 1 amide bonds. The molecule has 0 spiro atoms. The van der Waals surface area contributed by atoms with E-state index in [1.165, 1.54) is 0 Å². The van der Waals surface area contributed by atoms with Gasteiger partial charge in [0.1, 0.15) is 0 Å². The zero-order valence-corrected chi connectivity index (χ0v) is 11.4. The number of rotatable bonds is 7. The van der Waals surface area contributed by atoms with Gasteiger partial charge in [0.2, 0.25) is 5.91 Å². The fourth-order valence-corrected chi connectivity index (χ4v) is 1.52. The van der Waals surface area contributed by atoms with Crippen LogP contribution in [0.5, 0.6) is 0 Å². The highest BCUT2D eigenvalue weighted by Crippen LogP contribution is 2.13. The number of carbonyl (C=O) groups excluding carboxylic acids is 1. The molecule has 0 saturated carbocycles. The summed E-state index contributed by atoms with van der Waals surface area (Å²) in [6, 6.07) is 7.70. The standard InChI is InChI=1S/C12H17BrN2O2/c1-17-8-2-7-14-12(16)9-15-11-5-3-10(13)4-6-11/h3-6,15H,2,7-9H2,1H3,(H,14,16). The SMILES string of the molecule is COCCCNC(=O)CNc1ccc(Br)cc1. The fraction of sp³-hybridized carbons (Fsp3) is 0.417. The van der Waals surface area contributed by atoms with Crippen LogP contribution in [0.2, 0.25) is 0 Å². The number of hydrogen-bond donors (Lipinski definition) is 2. The number of benzene rings is 1. The molecular weight excluding hydrogens is 284 g/mol. The van der Waals surface area contributed by atoms with Gasteiger partial charge in [-0.25, -0.2) is 0 Å². The molecule has 0 fully saturated rings. The van der Waals surface area contributed by atoms with Gasteiger partial charge in [0, 0.05) is 30.4 Å². The lowest BCUT2D eigenvalue weighted by molar-refractivity contribution is -0.119. The number of amides is 1. The Balaban J connectivity index is 2.17. The highest BCUT2D eigenvalue weighted by atomic mass is 79.9. The highest BCUT2D eigenvalue weighted by Gasteiger charge is 1.99. The van der Waals surface area contributed by atoms with Crippen molar-refractivity contribution in [3.05, 3.63) is 28.7 Å². The van der Waals surface area contributed by atoms with Crippen molar-refractivity contribution in [1.82, 2.24) is 5.32 Å². The maximum Gasteiger partial charge on any atom is 0.239 e. The third-order valence-electron chi connectivity index (χ3n) is 2.14. The molecule has 0 saturated heterocycles. The third-order valence-corrected chi connectivity index (χ3v) is 2.67. The van der Waals surface area contributed by atoms with Crippen molar-refractivity contribution < 1.29 is 9.53 Å². The molecule has 0 aromatic heterocycles. The molecule has 94 valence electrons. The maximum atomic E-state index is 11.4. The average Bonchev–Trinajstić information content (AvgIpc) is 2.34. The molecule has 0 atom stereocenters. The minimum atomic E-state index is -0.0102. The molecule has 1 aromatic rings. The lowest BCUT2D eigenvalue weighted by atomic mass is 10.3. The molecule has 0 radical (unpaired) electrons. The van der Waals surface area contributed by atoms with Crippen LogP contribution in [0.3, 0.4) is 0 Å². The van der Waals surface area contributed by atoms with Gasteiger partial charge in [-0.15, -0.1) is 0 Å². The third kappa shape index (κ3) is 6.28. The van der Waals surface area contributed by atoms with Gasteiger partial charge in [0.25, 0.3) is 0 Å². The number of ether oxygens (including phenoxy) is 1. The number of nitrogens with one attached hydrogen (secondary N) is 2. The highest BCUT2D eigenvalue weighted by molar-refractivity contribution is 9.10. The van der Waals surface area contributed by atoms with E-state index in [9.17, 15) is 4.79 Å². The molecule has 1 aromatic carbocycles. The number of anilines is 1. The second-order valence-electron chi connectivity index (χ2n) is 3.56. The van der Waals surface area contributed by atoms with Crippen LogP contribution < -0.4 is 10.6 Å². The summed E-state index contributed by atoms with van der Waals surface area (Å²) in [5, 5.41) is 5.86. The molecule has 0 bridgehead atoms. The minimum Gasteiger partial charge on any atom is -0.385 e. The Bertz CT molecular complexity index is 341. The predicted octanol–water partition coefficient (Wildman–Crippen LogP) is 2.01. The normalized spacial score (nSPS) is 10.0. The number of methoxy groups -OCH3 is 1. The molecule has 0 aliphatic rings. The molecule has 2 N–H and O–H groups in total. The predicted molar refractivity (Wildman–Crippen MR) is 72.1 cm³/mol. The Morgan fingerprint density at radius 3 is 2.71 bits per heavy atom. The van der Waals surface area contributed by atoms with Crippen molar-refractivity contribution in [1.29, 1.82) is 0 Å². The topological polar surface area (TPSA) is 50.4 Å². The summed E-state index contributed by atoms with van der Waals surface area (Å²) in [5.41, 5.74) is 0.931.